The molecule has 2 rings (SSSR count). The number of para-hydroxylation sites is 1. The molecule has 1 atom stereocenters. The zero-order valence-corrected chi connectivity index (χ0v) is 15.8. The van der Waals surface area contributed by atoms with Crippen molar-refractivity contribution < 1.29 is 14.7 Å². The van der Waals surface area contributed by atoms with Gasteiger partial charge in [0.15, 0.2) is 0 Å². The molecule has 0 aliphatic rings. The van der Waals surface area contributed by atoms with Crippen molar-refractivity contribution in [3.05, 3.63) is 47.3 Å². The summed E-state index contributed by atoms with van der Waals surface area (Å²) in [6, 6.07) is 9.76. The van der Waals surface area contributed by atoms with E-state index in [-0.39, 0.29) is 24.8 Å². The normalized spacial score (nSPS) is 12.2. The Hall–Kier alpha value is -2.63. The van der Waals surface area contributed by atoms with E-state index in [1.807, 2.05) is 62.7 Å². The summed E-state index contributed by atoms with van der Waals surface area (Å²) < 4.78 is 1.83. The van der Waals surface area contributed by atoms with E-state index in [1.165, 1.54) is 0 Å². The number of aromatic nitrogens is 2. The lowest BCUT2D eigenvalue weighted by atomic mass is 9.97. The maximum absolute atomic E-state index is 12.3. The molecule has 1 aromatic heterocycles. The van der Waals surface area contributed by atoms with E-state index < -0.39 is 11.9 Å². The van der Waals surface area contributed by atoms with Gasteiger partial charge in [-0.3, -0.25) is 9.59 Å². The van der Waals surface area contributed by atoms with Crippen molar-refractivity contribution in [2.45, 2.75) is 40.5 Å². The Morgan fingerprint density at radius 3 is 2.42 bits per heavy atom. The van der Waals surface area contributed by atoms with Crippen molar-refractivity contribution in [3.63, 3.8) is 0 Å². The lowest BCUT2D eigenvalue weighted by Gasteiger charge is -2.15. The van der Waals surface area contributed by atoms with Gasteiger partial charge in [0.2, 0.25) is 5.91 Å². The first-order chi connectivity index (χ1) is 12.3. The van der Waals surface area contributed by atoms with Crippen molar-refractivity contribution >= 4 is 11.9 Å². The second kappa shape index (κ2) is 8.65. The smallest absolute Gasteiger partial charge is 0.308 e. The number of amides is 1. The van der Waals surface area contributed by atoms with E-state index >= 15 is 0 Å². The van der Waals surface area contributed by atoms with E-state index in [0.29, 0.717) is 6.42 Å². The molecule has 0 spiro atoms. The standard InChI is InChI=1S/C20H27N3O3/c1-13(2)10-16(20(25)26)12-21-19(24)11-18-14(3)22-23(15(18)4)17-8-6-5-7-9-17/h5-9,13,16H,10-12H2,1-4H3,(H,21,24)(H,25,26). The van der Waals surface area contributed by atoms with Crippen molar-refractivity contribution in [2.75, 3.05) is 6.54 Å². The summed E-state index contributed by atoms with van der Waals surface area (Å²) in [7, 11) is 0. The quantitative estimate of drug-likeness (QED) is 0.761. The second-order valence-electron chi connectivity index (χ2n) is 7.04. The van der Waals surface area contributed by atoms with Crippen LogP contribution in [0.5, 0.6) is 0 Å². The van der Waals surface area contributed by atoms with Crippen LogP contribution in [0, 0.1) is 25.7 Å². The summed E-state index contributed by atoms with van der Waals surface area (Å²) >= 11 is 0. The van der Waals surface area contributed by atoms with E-state index in [1.54, 1.807) is 0 Å². The second-order valence-corrected chi connectivity index (χ2v) is 7.04. The molecule has 0 saturated heterocycles. The molecule has 1 amide bonds. The third kappa shape index (κ3) is 4.94. The molecule has 6 heteroatoms. The predicted molar refractivity (Wildman–Crippen MR) is 100 cm³/mol. The molecule has 26 heavy (non-hydrogen) atoms. The third-order valence-electron chi connectivity index (χ3n) is 4.43. The zero-order valence-electron chi connectivity index (χ0n) is 15.8. The van der Waals surface area contributed by atoms with Crippen LogP contribution in [-0.4, -0.2) is 33.3 Å². The number of carbonyl (C=O) groups excluding carboxylic acids is 1. The van der Waals surface area contributed by atoms with Crippen LogP contribution in [-0.2, 0) is 16.0 Å². The summed E-state index contributed by atoms with van der Waals surface area (Å²) in [6.07, 6.45) is 0.734. The first-order valence-corrected chi connectivity index (χ1v) is 8.89. The highest BCUT2D eigenvalue weighted by atomic mass is 16.4. The first-order valence-electron chi connectivity index (χ1n) is 8.89. The van der Waals surface area contributed by atoms with E-state index in [0.717, 1.165) is 22.6 Å². The topological polar surface area (TPSA) is 84.2 Å². The van der Waals surface area contributed by atoms with Crippen LogP contribution in [0.2, 0.25) is 0 Å². The Morgan fingerprint density at radius 1 is 1.19 bits per heavy atom. The lowest BCUT2D eigenvalue weighted by Crippen LogP contribution is -2.34. The third-order valence-corrected chi connectivity index (χ3v) is 4.43. The molecular formula is C20H27N3O3. The molecule has 0 saturated carbocycles. The number of hydrogen-bond acceptors (Lipinski definition) is 3. The number of aryl methyl sites for hydroxylation is 1. The van der Waals surface area contributed by atoms with Gasteiger partial charge in [0.1, 0.15) is 0 Å². The summed E-state index contributed by atoms with van der Waals surface area (Å²) in [5, 5.41) is 16.6. The highest BCUT2D eigenvalue weighted by Crippen LogP contribution is 2.18. The van der Waals surface area contributed by atoms with Crippen LogP contribution >= 0.6 is 0 Å². The molecule has 0 fully saturated rings. The number of nitrogens with one attached hydrogen (secondary N) is 1. The summed E-state index contributed by atoms with van der Waals surface area (Å²) in [6.45, 7) is 7.92. The van der Waals surface area contributed by atoms with Gasteiger partial charge < -0.3 is 10.4 Å². The molecule has 1 heterocycles. The monoisotopic (exact) mass is 357 g/mol. The number of rotatable bonds is 8. The number of carboxylic acid groups (broad SMARTS) is 1. The van der Waals surface area contributed by atoms with E-state index in [4.69, 9.17) is 0 Å². The highest BCUT2D eigenvalue weighted by Gasteiger charge is 2.21. The molecule has 2 aromatic rings. The minimum atomic E-state index is -0.872. The average Bonchev–Trinajstić information content (AvgIpc) is 2.87. The maximum atomic E-state index is 12.3. The highest BCUT2D eigenvalue weighted by molar-refractivity contribution is 5.80. The fourth-order valence-electron chi connectivity index (χ4n) is 3.05. The maximum Gasteiger partial charge on any atom is 0.308 e. The van der Waals surface area contributed by atoms with Crippen molar-refractivity contribution in [2.24, 2.45) is 11.8 Å². The molecule has 6 nitrogen and oxygen atoms in total. The Balaban J connectivity index is 2.05. The van der Waals surface area contributed by atoms with Gasteiger partial charge in [-0.15, -0.1) is 0 Å². The molecule has 2 N–H and O–H groups in total. The molecule has 0 bridgehead atoms. The molecule has 0 aliphatic carbocycles. The molecular weight excluding hydrogens is 330 g/mol. The Morgan fingerprint density at radius 2 is 1.85 bits per heavy atom. The van der Waals surface area contributed by atoms with E-state index in [9.17, 15) is 14.7 Å². The van der Waals surface area contributed by atoms with Gasteiger partial charge in [0.05, 0.1) is 23.7 Å². The number of carbonyl (C=O) groups is 2. The van der Waals surface area contributed by atoms with Crippen molar-refractivity contribution in [3.8, 4) is 5.69 Å². The summed E-state index contributed by atoms with van der Waals surface area (Å²) in [5.41, 5.74) is 3.55. The van der Waals surface area contributed by atoms with Gasteiger partial charge in [-0.1, -0.05) is 32.0 Å². The summed E-state index contributed by atoms with van der Waals surface area (Å²) in [4.78, 5) is 23.6. The number of hydrogen-bond donors (Lipinski definition) is 2. The Kier molecular flexibility index (Phi) is 6.55. The SMILES string of the molecule is Cc1nn(-c2ccccc2)c(C)c1CC(=O)NCC(CC(C)C)C(=O)O. The molecule has 140 valence electrons. The Labute approximate surface area is 154 Å². The largest absolute Gasteiger partial charge is 0.481 e. The van der Waals surface area contributed by atoms with Crippen LogP contribution in [0.3, 0.4) is 0 Å². The van der Waals surface area contributed by atoms with Crippen LogP contribution in [0.4, 0.5) is 0 Å². The van der Waals surface area contributed by atoms with Crippen LogP contribution < -0.4 is 5.32 Å². The number of benzene rings is 1. The van der Waals surface area contributed by atoms with Gasteiger partial charge in [0.25, 0.3) is 0 Å². The van der Waals surface area contributed by atoms with Crippen LogP contribution in [0.25, 0.3) is 5.69 Å². The Bertz CT molecular complexity index is 766. The van der Waals surface area contributed by atoms with Gasteiger partial charge >= 0.3 is 5.97 Å². The number of nitrogens with zero attached hydrogens (tertiary/aromatic N) is 2. The summed E-state index contributed by atoms with van der Waals surface area (Å²) in [5.74, 6) is -1.35. The fraction of sp³-hybridized carbons (Fsp3) is 0.450. The molecule has 1 unspecified atom stereocenters. The zero-order chi connectivity index (χ0) is 19.3. The van der Waals surface area contributed by atoms with Gasteiger partial charge in [-0.05, 0) is 38.3 Å². The van der Waals surface area contributed by atoms with Crippen LogP contribution in [0.1, 0.15) is 37.2 Å². The lowest BCUT2D eigenvalue weighted by molar-refractivity contribution is -0.142. The fourth-order valence-corrected chi connectivity index (χ4v) is 3.05. The van der Waals surface area contributed by atoms with Gasteiger partial charge in [0, 0.05) is 17.8 Å². The van der Waals surface area contributed by atoms with Crippen molar-refractivity contribution in [1.29, 1.82) is 0 Å². The number of carboxylic acids is 1. The van der Waals surface area contributed by atoms with Crippen LogP contribution in [0.15, 0.2) is 30.3 Å². The molecule has 1 aromatic carbocycles. The average molecular weight is 357 g/mol. The molecule has 0 aliphatic heterocycles. The molecule has 0 radical (unpaired) electrons. The minimum absolute atomic E-state index is 0.150. The van der Waals surface area contributed by atoms with Gasteiger partial charge in [-0.2, -0.15) is 5.10 Å². The minimum Gasteiger partial charge on any atom is -0.481 e. The number of aliphatic carboxylic acids is 1. The first kappa shape index (κ1) is 19.7. The van der Waals surface area contributed by atoms with Gasteiger partial charge in [-0.25, -0.2) is 4.68 Å². The van der Waals surface area contributed by atoms with E-state index in [2.05, 4.69) is 10.4 Å². The predicted octanol–water partition coefficient (Wildman–Crippen LogP) is 2.89. The van der Waals surface area contributed by atoms with Crippen molar-refractivity contribution in [1.82, 2.24) is 15.1 Å².